The summed E-state index contributed by atoms with van der Waals surface area (Å²) >= 11 is 0. The van der Waals surface area contributed by atoms with Gasteiger partial charge in [-0.1, -0.05) is 0 Å². The number of halogens is 2. The van der Waals surface area contributed by atoms with Gasteiger partial charge in [-0.2, -0.15) is 0 Å². The standard InChI is InChI=1S/C13H17N3O.2ClH/c17-13(15-11-2-1-5-14-8-11)12-9-16-6-3-10(12)4-7-16;;/h1-2,5,8,10,12H,3-4,6-7,9H2,(H,15,17);2*1H. The fourth-order valence-corrected chi connectivity index (χ4v) is 2.93. The number of amides is 1. The minimum atomic E-state index is 0. The minimum Gasteiger partial charge on any atom is -0.324 e. The number of anilines is 1. The number of piperidine rings is 3. The second-order valence-electron chi connectivity index (χ2n) is 4.98. The molecule has 3 fully saturated rings. The maximum absolute atomic E-state index is 12.2. The van der Waals surface area contributed by atoms with Crippen molar-refractivity contribution in [1.82, 2.24) is 9.88 Å². The molecule has 4 rings (SSSR count). The smallest absolute Gasteiger partial charge is 0.229 e. The van der Waals surface area contributed by atoms with Crippen LogP contribution in [0.1, 0.15) is 12.8 Å². The zero-order valence-corrected chi connectivity index (χ0v) is 12.3. The van der Waals surface area contributed by atoms with Gasteiger partial charge in [-0.05, 0) is 44.0 Å². The Kier molecular flexibility index (Phi) is 6.04. The number of nitrogens with one attached hydrogen (secondary N) is 1. The average Bonchev–Trinajstić information content (AvgIpc) is 2.41. The zero-order valence-electron chi connectivity index (χ0n) is 10.6. The van der Waals surface area contributed by atoms with E-state index in [-0.39, 0.29) is 36.6 Å². The highest BCUT2D eigenvalue weighted by atomic mass is 35.5. The van der Waals surface area contributed by atoms with Crippen molar-refractivity contribution >= 4 is 36.4 Å². The van der Waals surface area contributed by atoms with Crippen molar-refractivity contribution in [2.24, 2.45) is 11.8 Å². The Morgan fingerprint density at radius 3 is 2.58 bits per heavy atom. The van der Waals surface area contributed by atoms with Gasteiger partial charge in [0.05, 0.1) is 17.8 Å². The van der Waals surface area contributed by atoms with E-state index in [2.05, 4.69) is 15.2 Å². The third-order valence-electron chi connectivity index (χ3n) is 3.92. The number of carbonyl (C=O) groups is 1. The molecule has 2 bridgehead atoms. The Bertz CT molecular complexity index is 408. The van der Waals surface area contributed by atoms with Crippen molar-refractivity contribution in [2.75, 3.05) is 25.0 Å². The lowest BCUT2D eigenvalue weighted by Gasteiger charge is -2.43. The van der Waals surface area contributed by atoms with E-state index in [1.165, 1.54) is 25.9 Å². The highest BCUT2D eigenvalue weighted by Crippen LogP contribution is 2.32. The molecule has 3 aliphatic rings. The van der Waals surface area contributed by atoms with Crippen molar-refractivity contribution in [3.63, 3.8) is 0 Å². The predicted octanol–water partition coefficient (Wildman–Crippen LogP) is 2.21. The fourth-order valence-electron chi connectivity index (χ4n) is 2.93. The first-order valence-corrected chi connectivity index (χ1v) is 6.26. The van der Waals surface area contributed by atoms with Gasteiger partial charge in [-0.25, -0.2) is 0 Å². The zero-order chi connectivity index (χ0) is 11.7. The van der Waals surface area contributed by atoms with Crippen LogP contribution in [-0.4, -0.2) is 35.4 Å². The van der Waals surface area contributed by atoms with Crippen molar-refractivity contribution in [3.05, 3.63) is 24.5 Å². The van der Waals surface area contributed by atoms with Gasteiger partial charge in [-0.15, -0.1) is 24.8 Å². The largest absolute Gasteiger partial charge is 0.324 e. The summed E-state index contributed by atoms with van der Waals surface area (Å²) in [7, 11) is 0. The second-order valence-corrected chi connectivity index (χ2v) is 4.98. The molecule has 6 heteroatoms. The SMILES string of the molecule is Cl.Cl.O=C(Nc1cccnc1)C1CN2CCC1CC2. The van der Waals surface area contributed by atoms with Gasteiger partial charge in [0.15, 0.2) is 0 Å². The monoisotopic (exact) mass is 303 g/mol. The fraction of sp³-hybridized carbons (Fsp3) is 0.538. The molecular formula is C13H19Cl2N3O. The normalized spacial score (nSPS) is 27.9. The Hall–Kier alpha value is -0.840. The van der Waals surface area contributed by atoms with E-state index in [9.17, 15) is 4.79 Å². The van der Waals surface area contributed by atoms with Gasteiger partial charge in [0.2, 0.25) is 5.91 Å². The Labute approximate surface area is 125 Å². The first-order valence-electron chi connectivity index (χ1n) is 6.26. The molecule has 1 unspecified atom stereocenters. The highest BCUT2D eigenvalue weighted by Gasteiger charge is 2.38. The van der Waals surface area contributed by atoms with Crippen molar-refractivity contribution in [3.8, 4) is 0 Å². The Balaban J connectivity index is 0.000000902. The number of aromatic nitrogens is 1. The van der Waals surface area contributed by atoms with Gasteiger partial charge in [0.1, 0.15) is 0 Å². The predicted molar refractivity (Wildman–Crippen MR) is 80.0 cm³/mol. The molecule has 0 radical (unpaired) electrons. The van der Waals surface area contributed by atoms with Crippen LogP contribution in [0.25, 0.3) is 0 Å². The molecule has 4 heterocycles. The van der Waals surface area contributed by atoms with Gasteiger partial charge >= 0.3 is 0 Å². The molecule has 1 aromatic rings. The van der Waals surface area contributed by atoms with Crippen LogP contribution in [0.5, 0.6) is 0 Å². The molecule has 1 aromatic heterocycles. The first kappa shape index (κ1) is 16.2. The number of hydrogen-bond donors (Lipinski definition) is 1. The molecule has 1 amide bonds. The number of fused-ring (bicyclic) bond motifs is 3. The lowest BCUT2D eigenvalue weighted by Crippen LogP contribution is -2.51. The number of carbonyl (C=O) groups excluding carboxylic acids is 1. The quantitative estimate of drug-likeness (QED) is 0.911. The van der Waals surface area contributed by atoms with Crippen LogP contribution in [0.2, 0.25) is 0 Å². The molecule has 0 spiro atoms. The molecule has 3 aliphatic heterocycles. The van der Waals surface area contributed by atoms with Crippen LogP contribution >= 0.6 is 24.8 Å². The summed E-state index contributed by atoms with van der Waals surface area (Å²) in [6.45, 7) is 3.26. The number of nitrogens with zero attached hydrogens (tertiary/aromatic N) is 2. The summed E-state index contributed by atoms with van der Waals surface area (Å²) in [6, 6.07) is 3.72. The lowest BCUT2D eigenvalue weighted by molar-refractivity contribution is -0.125. The molecule has 4 nitrogen and oxygen atoms in total. The number of hydrogen-bond acceptors (Lipinski definition) is 3. The van der Waals surface area contributed by atoms with E-state index in [1.807, 2.05) is 12.1 Å². The minimum absolute atomic E-state index is 0. The summed E-state index contributed by atoms with van der Waals surface area (Å²) in [5, 5.41) is 2.97. The van der Waals surface area contributed by atoms with Crippen LogP contribution in [0, 0.1) is 11.8 Å². The van der Waals surface area contributed by atoms with Crippen molar-refractivity contribution in [2.45, 2.75) is 12.8 Å². The molecule has 0 saturated carbocycles. The van der Waals surface area contributed by atoms with Gasteiger partial charge in [-0.3, -0.25) is 9.78 Å². The van der Waals surface area contributed by atoms with Crippen LogP contribution in [0.4, 0.5) is 5.69 Å². The first-order chi connectivity index (χ1) is 8.33. The summed E-state index contributed by atoms with van der Waals surface area (Å²) in [5.41, 5.74) is 0.800. The van der Waals surface area contributed by atoms with E-state index in [4.69, 9.17) is 0 Å². The van der Waals surface area contributed by atoms with Crippen molar-refractivity contribution < 1.29 is 4.79 Å². The molecule has 1 atom stereocenters. The molecule has 0 aliphatic carbocycles. The molecule has 19 heavy (non-hydrogen) atoms. The van der Waals surface area contributed by atoms with Crippen LogP contribution in [-0.2, 0) is 4.79 Å². The average molecular weight is 304 g/mol. The van der Waals surface area contributed by atoms with Gasteiger partial charge in [0, 0.05) is 12.7 Å². The number of pyridine rings is 1. The van der Waals surface area contributed by atoms with Crippen LogP contribution < -0.4 is 5.32 Å². The maximum Gasteiger partial charge on any atom is 0.229 e. The summed E-state index contributed by atoms with van der Waals surface area (Å²) in [6.07, 6.45) is 5.75. The molecule has 0 aromatic carbocycles. The maximum atomic E-state index is 12.2. The highest BCUT2D eigenvalue weighted by molar-refractivity contribution is 5.92. The Morgan fingerprint density at radius 1 is 1.32 bits per heavy atom. The molecule has 3 saturated heterocycles. The summed E-state index contributed by atoms with van der Waals surface area (Å²) < 4.78 is 0. The van der Waals surface area contributed by atoms with E-state index >= 15 is 0 Å². The van der Waals surface area contributed by atoms with E-state index in [0.29, 0.717) is 5.92 Å². The summed E-state index contributed by atoms with van der Waals surface area (Å²) in [5.74, 6) is 0.904. The third-order valence-corrected chi connectivity index (χ3v) is 3.92. The van der Waals surface area contributed by atoms with E-state index < -0.39 is 0 Å². The molecule has 106 valence electrons. The van der Waals surface area contributed by atoms with Gasteiger partial charge in [0.25, 0.3) is 0 Å². The van der Waals surface area contributed by atoms with Gasteiger partial charge < -0.3 is 10.2 Å². The molecule has 1 N–H and O–H groups in total. The van der Waals surface area contributed by atoms with Crippen LogP contribution in [0.15, 0.2) is 24.5 Å². The Morgan fingerprint density at radius 2 is 2.05 bits per heavy atom. The molecular weight excluding hydrogens is 285 g/mol. The third kappa shape index (κ3) is 3.59. The van der Waals surface area contributed by atoms with Crippen molar-refractivity contribution in [1.29, 1.82) is 0 Å². The summed E-state index contributed by atoms with van der Waals surface area (Å²) in [4.78, 5) is 18.6. The number of rotatable bonds is 2. The van der Waals surface area contributed by atoms with E-state index in [0.717, 1.165) is 12.2 Å². The lowest BCUT2D eigenvalue weighted by atomic mass is 9.78. The van der Waals surface area contributed by atoms with Crippen LogP contribution in [0.3, 0.4) is 0 Å². The van der Waals surface area contributed by atoms with E-state index in [1.54, 1.807) is 12.4 Å². The second kappa shape index (κ2) is 7.08. The topological polar surface area (TPSA) is 45.2 Å².